The van der Waals surface area contributed by atoms with E-state index in [9.17, 15) is 4.79 Å². The van der Waals surface area contributed by atoms with Crippen LogP contribution >= 0.6 is 0 Å². The highest BCUT2D eigenvalue weighted by Gasteiger charge is 2.04. The van der Waals surface area contributed by atoms with E-state index in [2.05, 4.69) is 16.0 Å². The molecule has 0 aliphatic heterocycles. The lowest BCUT2D eigenvalue weighted by Gasteiger charge is -2.15. The second-order valence-corrected chi connectivity index (χ2v) is 4.34. The SMILES string of the molecule is CN(CCCC#N)Cc1ccc2oc(=O)[nH]c2c1. The monoisotopic (exact) mass is 245 g/mol. The molecule has 1 aromatic heterocycles. The summed E-state index contributed by atoms with van der Waals surface area (Å²) in [6.45, 7) is 1.67. The third kappa shape index (κ3) is 2.99. The van der Waals surface area contributed by atoms with Crippen LogP contribution in [0.25, 0.3) is 11.1 Å². The van der Waals surface area contributed by atoms with Gasteiger partial charge >= 0.3 is 5.76 Å². The number of hydrogen-bond donors (Lipinski definition) is 1. The highest BCUT2D eigenvalue weighted by molar-refractivity contribution is 5.72. The number of oxazole rings is 1. The molecule has 0 amide bonds. The van der Waals surface area contributed by atoms with Crippen molar-refractivity contribution in [3.8, 4) is 6.07 Å². The fourth-order valence-electron chi connectivity index (χ4n) is 1.92. The number of fused-ring (bicyclic) bond motifs is 1. The van der Waals surface area contributed by atoms with E-state index in [1.807, 2.05) is 19.2 Å². The summed E-state index contributed by atoms with van der Waals surface area (Å²) in [5, 5.41) is 8.48. The molecule has 1 heterocycles. The summed E-state index contributed by atoms with van der Waals surface area (Å²) in [4.78, 5) is 15.8. The molecule has 1 aromatic carbocycles. The third-order valence-electron chi connectivity index (χ3n) is 2.76. The molecule has 0 unspecified atom stereocenters. The Morgan fingerprint density at radius 1 is 1.50 bits per heavy atom. The lowest BCUT2D eigenvalue weighted by molar-refractivity contribution is 0.324. The van der Waals surface area contributed by atoms with Gasteiger partial charge in [-0.2, -0.15) is 5.26 Å². The summed E-state index contributed by atoms with van der Waals surface area (Å²) >= 11 is 0. The van der Waals surface area contributed by atoms with Crippen LogP contribution < -0.4 is 5.76 Å². The summed E-state index contributed by atoms with van der Waals surface area (Å²) in [5.41, 5.74) is 2.41. The number of H-pyrrole nitrogens is 1. The Bertz CT molecular complexity index is 621. The van der Waals surface area contributed by atoms with E-state index in [0.29, 0.717) is 12.0 Å². The first kappa shape index (κ1) is 12.4. The number of nitriles is 1. The Hall–Kier alpha value is -2.06. The third-order valence-corrected chi connectivity index (χ3v) is 2.76. The van der Waals surface area contributed by atoms with Gasteiger partial charge in [-0.25, -0.2) is 4.79 Å². The first-order chi connectivity index (χ1) is 8.69. The number of rotatable bonds is 5. The molecule has 5 heteroatoms. The first-order valence-corrected chi connectivity index (χ1v) is 5.86. The molecule has 0 radical (unpaired) electrons. The molecule has 0 saturated heterocycles. The lowest BCUT2D eigenvalue weighted by Crippen LogP contribution is -2.18. The standard InChI is InChI=1S/C13H15N3O2/c1-16(7-3-2-6-14)9-10-4-5-12-11(8-10)15-13(17)18-12/h4-5,8H,2-3,7,9H2,1H3,(H,15,17). The Labute approximate surface area is 105 Å². The molecule has 0 spiro atoms. The first-order valence-electron chi connectivity index (χ1n) is 5.86. The van der Waals surface area contributed by atoms with Gasteiger partial charge in [0, 0.05) is 13.0 Å². The van der Waals surface area contributed by atoms with Gasteiger partial charge in [0.25, 0.3) is 0 Å². The minimum atomic E-state index is -0.426. The molecule has 0 fully saturated rings. The van der Waals surface area contributed by atoms with Crippen LogP contribution in [-0.2, 0) is 6.54 Å². The predicted octanol–water partition coefficient (Wildman–Crippen LogP) is 1.86. The number of aromatic nitrogens is 1. The minimum absolute atomic E-state index is 0.426. The van der Waals surface area contributed by atoms with Crippen molar-refractivity contribution < 1.29 is 4.42 Å². The van der Waals surface area contributed by atoms with Crippen molar-refractivity contribution in [1.82, 2.24) is 9.88 Å². The van der Waals surface area contributed by atoms with Gasteiger partial charge in [0.1, 0.15) is 0 Å². The van der Waals surface area contributed by atoms with Gasteiger partial charge in [-0.05, 0) is 37.7 Å². The molecule has 0 aliphatic carbocycles. The van der Waals surface area contributed by atoms with Crippen molar-refractivity contribution >= 4 is 11.1 Å². The average Bonchev–Trinajstić information content (AvgIpc) is 2.69. The maximum atomic E-state index is 11.0. The molecule has 18 heavy (non-hydrogen) atoms. The smallest absolute Gasteiger partial charge is 0.408 e. The van der Waals surface area contributed by atoms with Gasteiger partial charge < -0.3 is 9.32 Å². The Kier molecular flexibility index (Phi) is 3.80. The quantitative estimate of drug-likeness (QED) is 0.816. The molecule has 0 bridgehead atoms. The van der Waals surface area contributed by atoms with Crippen molar-refractivity contribution in [1.29, 1.82) is 5.26 Å². The molecular formula is C13H15N3O2. The second-order valence-electron chi connectivity index (χ2n) is 4.34. The van der Waals surface area contributed by atoms with Gasteiger partial charge in [0.2, 0.25) is 0 Å². The van der Waals surface area contributed by atoms with E-state index in [1.54, 1.807) is 6.07 Å². The van der Waals surface area contributed by atoms with Gasteiger partial charge in [-0.15, -0.1) is 0 Å². The zero-order valence-electron chi connectivity index (χ0n) is 10.3. The molecular weight excluding hydrogens is 230 g/mol. The summed E-state index contributed by atoms with van der Waals surface area (Å²) in [5.74, 6) is -0.426. The van der Waals surface area contributed by atoms with Gasteiger partial charge in [0.15, 0.2) is 5.58 Å². The number of hydrogen-bond acceptors (Lipinski definition) is 4. The fourth-order valence-corrected chi connectivity index (χ4v) is 1.92. The predicted molar refractivity (Wildman–Crippen MR) is 68.0 cm³/mol. The van der Waals surface area contributed by atoms with E-state index in [4.69, 9.17) is 9.68 Å². The normalized spacial score (nSPS) is 10.9. The van der Waals surface area contributed by atoms with E-state index < -0.39 is 5.76 Å². The highest BCUT2D eigenvalue weighted by Crippen LogP contribution is 2.13. The Morgan fingerprint density at radius 2 is 2.33 bits per heavy atom. The molecule has 94 valence electrons. The minimum Gasteiger partial charge on any atom is -0.408 e. The van der Waals surface area contributed by atoms with Gasteiger partial charge in [-0.3, -0.25) is 4.98 Å². The Morgan fingerprint density at radius 3 is 3.11 bits per heavy atom. The maximum absolute atomic E-state index is 11.0. The molecule has 0 atom stereocenters. The lowest BCUT2D eigenvalue weighted by atomic mass is 10.2. The van der Waals surface area contributed by atoms with Crippen LogP contribution in [0.4, 0.5) is 0 Å². The van der Waals surface area contributed by atoms with E-state index in [-0.39, 0.29) is 0 Å². The van der Waals surface area contributed by atoms with Gasteiger partial charge in [-0.1, -0.05) is 6.07 Å². The number of aromatic amines is 1. The topological polar surface area (TPSA) is 73.0 Å². The maximum Gasteiger partial charge on any atom is 0.417 e. The van der Waals surface area contributed by atoms with Crippen LogP contribution in [0, 0.1) is 11.3 Å². The number of benzene rings is 1. The zero-order chi connectivity index (χ0) is 13.0. The van der Waals surface area contributed by atoms with Crippen molar-refractivity contribution in [2.24, 2.45) is 0 Å². The Balaban J connectivity index is 2.03. The van der Waals surface area contributed by atoms with Crippen molar-refractivity contribution in [2.75, 3.05) is 13.6 Å². The van der Waals surface area contributed by atoms with Crippen LogP contribution in [0.5, 0.6) is 0 Å². The van der Waals surface area contributed by atoms with Crippen molar-refractivity contribution in [2.45, 2.75) is 19.4 Å². The second kappa shape index (κ2) is 5.52. The van der Waals surface area contributed by atoms with E-state index in [1.165, 1.54) is 0 Å². The van der Waals surface area contributed by atoms with Crippen LogP contribution in [0.1, 0.15) is 18.4 Å². The molecule has 0 aliphatic rings. The number of unbranched alkanes of at least 4 members (excludes halogenated alkanes) is 1. The highest BCUT2D eigenvalue weighted by atomic mass is 16.4. The number of nitrogens with one attached hydrogen (secondary N) is 1. The average molecular weight is 245 g/mol. The zero-order valence-corrected chi connectivity index (χ0v) is 10.3. The number of nitrogens with zero attached hydrogens (tertiary/aromatic N) is 2. The van der Waals surface area contributed by atoms with Crippen LogP contribution in [0.3, 0.4) is 0 Å². The van der Waals surface area contributed by atoms with E-state index in [0.717, 1.165) is 30.6 Å². The molecule has 5 nitrogen and oxygen atoms in total. The van der Waals surface area contributed by atoms with Crippen LogP contribution in [0.15, 0.2) is 27.4 Å². The summed E-state index contributed by atoms with van der Waals surface area (Å²) in [6.07, 6.45) is 1.45. The summed E-state index contributed by atoms with van der Waals surface area (Å²) in [6, 6.07) is 7.79. The summed E-state index contributed by atoms with van der Waals surface area (Å²) in [7, 11) is 2.01. The van der Waals surface area contributed by atoms with E-state index >= 15 is 0 Å². The summed E-state index contributed by atoms with van der Waals surface area (Å²) < 4.78 is 4.95. The van der Waals surface area contributed by atoms with Gasteiger partial charge in [0.05, 0.1) is 11.6 Å². The van der Waals surface area contributed by atoms with Crippen LogP contribution in [0.2, 0.25) is 0 Å². The van der Waals surface area contributed by atoms with Crippen molar-refractivity contribution in [3.63, 3.8) is 0 Å². The molecule has 2 rings (SSSR count). The largest absolute Gasteiger partial charge is 0.417 e. The fraction of sp³-hybridized carbons (Fsp3) is 0.385. The van der Waals surface area contributed by atoms with Crippen LogP contribution in [-0.4, -0.2) is 23.5 Å². The molecule has 0 saturated carbocycles. The molecule has 2 aromatic rings. The van der Waals surface area contributed by atoms with Crippen molar-refractivity contribution in [3.05, 3.63) is 34.3 Å². The molecule has 1 N–H and O–H groups in total.